The van der Waals surface area contributed by atoms with Crippen LogP contribution in [0.2, 0.25) is 0 Å². The highest BCUT2D eigenvalue weighted by molar-refractivity contribution is 6.19. The van der Waals surface area contributed by atoms with E-state index in [0.29, 0.717) is 0 Å². The molecule has 0 bridgehead atoms. The summed E-state index contributed by atoms with van der Waals surface area (Å²) in [5.74, 6) is -0.794. The fraction of sp³-hybridized carbons (Fsp3) is 0.500. The first-order valence-corrected chi connectivity index (χ1v) is 3.98. The van der Waals surface area contributed by atoms with Crippen LogP contribution in [0.5, 0.6) is 0 Å². The Bertz CT molecular complexity index is 241. The van der Waals surface area contributed by atoms with Crippen molar-refractivity contribution in [2.75, 3.05) is 7.05 Å². The molecule has 66 valence electrons. The van der Waals surface area contributed by atoms with E-state index >= 15 is 0 Å². The average molecular weight is 169 g/mol. The van der Waals surface area contributed by atoms with E-state index in [1.807, 2.05) is 0 Å². The number of carboxylic acids is 1. The highest BCUT2D eigenvalue weighted by Gasteiger charge is 2.31. The Morgan fingerprint density at radius 3 is 2.58 bits per heavy atom. The fourth-order valence-electron chi connectivity index (χ4n) is 1.03. The van der Waals surface area contributed by atoms with Gasteiger partial charge in [-0.05, 0) is 12.8 Å². The molecule has 1 saturated carbocycles. The third kappa shape index (κ3) is 1.92. The summed E-state index contributed by atoms with van der Waals surface area (Å²) in [5.41, 5.74) is 0.417. The second-order valence-corrected chi connectivity index (χ2v) is 2.91. The van der Waals surface area contributed by atoms with Gasteiger partial charge in [0.1, 0.15) is 11.8 Å². The van der Waals surface area contributed by atoms with Crippen molar-refractivity contribution < 1.29 is 15.2 Å². The first-order chi connectivity index (χ1) is 5.66. The number of hydrogen-bond acceptors (Lipinski definition) is 2. The van der Waals surface area contributed by atoms with E-state index in [1.54, 1.807) is 12.4 Å². The molecule has 0 aliphatic heterocycles. The lowest BCUT2D eigenvalue weighted by Crippen LogP contribution is -2.73. The summed E-state index contributed by atoms with van der Waals surface area (Å²) in [6, 6.07) is 0. The van der Waals surface area contributed by atoms with Gasteiger partial charge in [0, 0.05) is 5.92 Å². The van der Waals surface area contributed by atoms with Gasteiger partial charge in [-0.15, -0.1) is 0 Å². The van der Waals surface area contributed by atoms with Crippen molar-refractivity contribution in [3.63, 3.8) is 0 Å². The standard InChI is InChI=1S/C8H12N2O2/c1-10-4-6(8(11)12)7(9)5-2-3-5/h4-5,9-10H,2-3H2,1H3,(H,11,12)/p+1/b6-4+,9-7?. The van der Waals surface area contributed by atoms with Crippen molar-refractivity contribution >= 4 is 11.7 Å². The van der Waals surface area contributed by atoms with E-state index in [1.165, 1.54) is 6.20 Å². The normalized spacial score (nSPS) is 17.6. The number of aliphatic carboxylic acids is 1. The van der Waals surface area contributed by atoms with Gasteiger partial charge in [0.25, 0.3) is 0 Å². The molecular weight excluding hydrogens is 156 g/mol. The van der Waals surface area contributed by atoms with Gasteiger partial charge < -0.3 is 15.8 Å². The molecule has 0 aromatic heterocycles. The third-order valence-corrected chi connectivity index (χ3v) is 1.84. The number of nitrogens with two attached hydrogens (primary N) is 1. The molecule has 1 aliphatic carbocycles. The van der Waals surface area contributed by atoms with E-state index in [-0.39, 0.29) is 17.2 Å². The van der Waals surface area contributed by atoms with Crippen molar-refractivity contribution in [2.24, 2.45) is 5.92 Å². The number of carbonyl (C=O) groups is 1. The van der Waals surface area contributed by atoms with Crippen LogP contribution in [-0.2, 0) is 4.79 Å². The summed E-state index contributed by atoms with van der Waals surface area (Å²) in [6.07, 6.45) is 3.42. The maximum Gasteiger partial charge on any atom is 0.342 e. The largest absolute Gasteiger partial charge is 0.477 e. The van der Waals surface area contributed by atoms with Crippen molar-refractivity contribution in [1.82, 2.24) is 0 Å². The SMILES string of the molecule is C[NH2+]/C=C(\C(=N)C1CC1)C(=O)O. The molecule has 0 amide bonds. The highest BCUT2D eigenvalue weighted by atomic mass is 16.4. The lowest BCUT2D eigenvalue weighted by molar-refractivity contribution is -0.556. The predicted octanol–water partition coefficient (Wildman–Crippen LogP) is -0.422. The minimum atomic E-state index is -0.995. The number of rotatable bonds is 4. The lowest BCUT2D eigenvalue weighted by Gasteiger charge is -1.99. The Hall–Kier alpha value is -1.16. The molecule has 4 heteroatoms. The van der Waals surface area contributed by atoms with Crippen LogP contribution in [0.1, 0.15) is 12.8 Å². The zero-order valence-corrected chi connectivity index (χ0v) is 7.00. The van der Waals surface area contributed by atoms with Crippen LogP contribution in [0.25, 0.3) is 0 Å². The minimum absolute atomic E-state index is 0.139. The predicted molar refractivity (Wildman–Crippen MR) is 44.0 cm³/mol. The molecule has 0 saturated heterocycles. The number of hydrogen-bond donors (Lipinski definition) is 3. The maximum absolute atomic E-state index is 10.6. The quantitative estimate of drug-likeness (QED) is 0.394. The smallest absolute Gasteiger partial charge is 0.342 e. The number of quaternary nitrogens is 1. The van der Waals surface area contributed by atoms with E-state index in [2.05, 4.69) is 0 Å². The van der Waals surface area contributed by atoms with Gasteiger partial charge in [0.05, 0.1) is 12.8 Å². The van der Waals surface area contributed by atoms with E-state index in [9.17, 15) is 4.79 Å². The summed E-state index contributed by atoms with van der Waals surface area (Å²) in [7, 11) is 1.75. The highest BCUT2D eigenvalue weighted by Crippen LogP contribution is 2.32. The second-order valence-electron chi connectivity index (χ2n) is 2.91. The van der Waals surface area contributed by atoms with E-state index < -0.39 is 5.97 Å². The Kier molecular flexibility index (Phi) is 2.60. The zero-order chi connectivity index (χ0) is 9.14. The molecule has 0 spiro atoms. The molecule has 0 radical (unpaired) electrons. The molecule has 0 aromatic rings. The van der Waals surface area contributed by atoms with Crippen LogP contribution < -0.4 is 5.32 Å². The molecule has 1 fully saturated rings. The summed E-state index contributed by atoms with van der Waals surface area (Å²) in [6.45, 7) is 0. The lowest BCUT2D eigenvalue weighted by atomic mass is 10.1. The first-order valence-electron chi connectivity index (χ1n) is 3.98. The van der Waals surface area contributed by atoms with Gasteiger partial charge in [-0.1, -0.05) is 0 Å². The molecule has 0 heterocycles. The average Bonchev–Trinajstić information content (AvgIpc) is 2.80. The molecule has 4 nitrogen and oxygen atoms in total. The van der Waals surface area contributed by atoms with Crippen LogP contribution in [0.4, 0.5) is 0 Å². The van der Waals surface area contributed by atoms with Gasteiger partial charge >= 0.3 is 5.97 Å². The number of carboxylic acid groups (broad SMARTS) is 1. The molecule has 1 rings (SSSR count). The summed E-state index contributed by atoms with van der Waals surface area (Å²) in [5, 5.41) is 17.9. The van der Waals surface area contributed by atoms with Crippen LogP contribution >= 0.6 is 0 Å². The maximum atomic E-state index is 10.6. The molecule has 4 N–H and O–H groups in total. The minimum Gasteiger partial charge on any atom is -0.477 e. The molecule has 12 heavy (non-hydrogen) atoms. The van der Waals surface area contributed by atoms with E-state index in [0.717, 1.165) is 12.8 Å². The van der Waals surface area contributed by atoms with Crippen LogP contribution in [0, 0.1) is 11.3 Å². The summed E-state index contributed by atoms with van der Waals surface area (Å²) < 4.78 is 0. The topological polar surface area (TPSA) is 77.8 Å². The van der Waals surface area contributed by atoms with Crippen molar-refractivity contribution in [2.45, 2.75) is 12.8 Å². The molecule has 0 atom stereocenters. The van der Waals surface area contributed by atoms with Gasteiger partial charge in [0.15, 0.2) is 0 Å². The van der Waals surface area contributed by atoms with Gasteiger partial charge in [0.2, 0.25) is 0 Å². The van der Waals surface area contributed by atoms with Crippen molar-refractivity contribution in [3.05, 3.63) is 11.8 Å². The molecular formula is C8H13N2O2+. The Morgan fingerprint density at radius 1 is 1.67 bits per heavy atom. The van der Waals surface area contributed by atoms with Crippen molar-refractivity contribution in [1.29, 1.82) is 5.41 Å². The molecule has 0 aromatic carbocycles. The van der Waals surface area contributed by atoms with Gasteiger partial charge in [-0.3, -0.25) is 0 Å². The summed E-state index contributed by atoms with van der Waals surface area (Å²) >= 11 is 0. The molecule has 1 aliphatic rings. The Balaban J connectivity index is 2.70. The van der Waals surface area contributed by atoms with Crippen LogP contribution in [0.3, 0.4) is 0 Å². The Morgan fingerprint density at radius 2 is 2.25 bits per heavy atom. The fourth-order valence-corrected chi connectivity index (χ4v) is 1.03. The number of nitrogens with one attached hydrogen (secondary N) is 1. The third-order valence-electron chi connectivity index (χ3n) is 1.84. The van der Waals surface area contributed by atoms with Gasteiger partial charge in [-0.25, -0.2) is 4.79 Å². The zero-order valence-electron chi connectivity index (χ0n) is 7.00. The van der Waals surface area contributed by atoms with Crippen molar-refractivity contribution in [3.8, 4) is 0 Å². The summed E-state index contributed by atoms with van der Waals surface area (Å²) in [4.78, 5) is 10.6. The first kappa shape index (κ1) is 8.93. The molecule has 0 unspecified atom stereocenters. The Labute approximate surface area is 70.8 Å². The van der Waals surface area contributed by atoms with Crippen LogP contribution in [-0.4, -0.2) is 23.8 Å². The second kappa shape index (κ2) is 3.49. The van der Waals surface area contributed by atoms with Crippen LogP contribution in [0.15, 0.2) is 11.8 Å². The monoisotopic (exact) mass is 169 g/mol. The van der Waals surface area contributed by atoms with E-state index in [4.69, 9.17) is 10.5 Å². The van der Waals surface area contributed by atoms with Gasteiger partial charge in [-0.2, -0.15) is 0 Å².